The third-order valence-corrected chi connectivity index (χ3v) is 18.2. The molecular formula is C57H53N. The molecule has 1 nitrogen and oxygen atoms in total. The monoisotopic (exact) mass is 751 g/mol. The first-order chi connectivity index (χ1) is 28.4. The van der Waals surface area contributed by atoms with Crippen molar-refractivity contribution in [2.24, 2.45) is 35.5 Å². The van der Waals surface area contributed by atoms with Gasteiger partial charge in [0.05, 0.1) is 5.69 Å². The van der Waals surface area contributed by atoms with Crippen LogP contribution >= 0.6 is 0 Å². The molecule has 0 saturated heterocycles. The Hall–Kier alpha value is -4.88. The second-order valence-corrected chi connectivity index (χ2v) is 20.8. The number of anilines is 3. The van der Waals surface area contributed by atoms with E-state index < -0.39 is 0 Å². The van der Waals surface area contributed by atoms with Gasteiger partial charge in [-0.1, -0.05) is 124 Å². The molecule has 6 aromatic carbocycles. The van der Waals surface area contributed by atoms with Crippen LogP contribution in [0.5, 0.6) is 0 Å². The molecule has 0 aliphatic heterocycles. The van der Waals surface area contributed by atoms with Gasteiger partial charge in [0.25, 0.3) is 0 Å². The Labute approximate surface area is 344 Å². The van der Waals surface area contributed by atoms with Crippen LogP contribution in [0.3, 0.4) is 0 Å². The molecule has 6 bridgehead atoms. The molecule has 8 atom stereocenters. The minimum atomic E-state index is -0.0736. The summed E-state index contributed by atoms with van der Waals surface area (Å²) in [6.07, 6.45) is 13.9. The standard InChI is InChI=1S/C57H53N/c1-55(2)48-14-6-3-10-42(48)45-24-22-40(31-51(45)55)58(41-23-25-46-43-11-4-7-15-49(43)56(52(46)32-41)33-35-19-20-37(56)28-35)53-17-9-13-47-44-12-5-8-16-50(44)57(54(47)53)38-21-18-34-26-36(29-38)30-39(57)27-34/h3-17,22-25,31-32,34-39H,18-21,26-30,33H2,1-2H3/t34?,35?,36-,37?,38?,39?,56?,57?/m0/s1. The van der Waals surface area contributed by atoms with E-state index in [1.54, 1.807) is 22.3 Å². The SMILES string of the molecule is CC1(C)c2ccccc2-c2ccc(N(c3ccc4c(c3)C3(CC5CCC3C5)c3ccccc3-4)c3cccc4c3C3(c5ccccc5-4)C4CCC5CC3C[C@@H](C5)C4)cc21. The molecule has 7 unspecified atom stereocenters. The van der Waals surface area contributed by atoms with Crippen LogP contribution in [0.25, 0.3) is 33.4 Å². The van der Waals surface area contributed by atoms with Gasteiger partial charge in [-0.25, -0.2) is 0 Å². The Bertz CT molecular complexity index is 2740. The van der Waals surface area contributed by atoms with E-state index in [1.165, 1.54) is 126 Å². The molecule has 15 rings (SSSR count). The van der Waals surface area contributed by atoms with Crippen molar-refractivity contribution in [1.82, 2.24) is 0 Å². The second-order valence-electron chi connectivity index (χ2n) is 20.8. The van der Waals surface area contributed by atoms with E-state index in [0.29, 0.717) is 11.8 Å². The highest BCUT2D eigenvalue weighted by Gasteiger charge is 2.61. The van der Waals surface area contributed by atoms with E-state index in [1.807, 2.05) is 0 Å². The summed E-state index contributed by atoms with van der Waals surface area (Å²) in [5.41, 5.74) is 22.3. The summed E-state index contributed by atoms with van der Waals surface area (Å²) >= 11 is 0. The summed E-state index contributed by atoms with van der Waals surface area (Å²) in [5, 5.41) is 0. The fourth-order valence-electron chi connectivity index (χ4n) is 16.3. The fourth-order valence-corrected chi connectivity index (χ4v) is 16.3. The van der Waals surface area contributed by atoms with Crippen LogP contribution in [0.15, 0.2) is 127 Å². The van der Waals surface area contributed by atoms with Crippen molar-refractivity contribution >= 4 is 17.1 Å². The van der Waals surface area contributed by atoms with E-state index >= 15 is 0 Å². The van der Waals surface area contributed by atoms with E-state index in [2.05, 4.69) is 146 Å². The summed E-state index contributed by atoms with van der Waals surface area (Å²) in [4.78, 5) is 2.78. The second kappa shape index (κ2) is 11.2. The molecule has 58 heavy (non-hydrogen) atoms. The zero-order valence-corrected chi connectivity index (χ0v) is 34.1. The number of benzene rings is 6. The molecule has 6 aromatic rings. The lowest BCUT2D eigenvalue weighted by Gasteiger charge is -2.53. The maximum absolute atomic E-state index is 2.78. The Morgan fingerprint density at radius 3 is 1.76 bits per heavy atom. The Balaban J connectivity index is 1.04. The lowest BCUT2D eigenvalue weighted by molar-refractivity contribution is 0.0621. The number of fused-ring (bicyclic) bond motifs is 15. The molecule has 9 aliphatic carbocycles. The molecule has 0 heterocycles. The van der Waals surface area contributed by atoms with Crippen molar-refractivity contribution in [3.8, 4) is 33.4 Å². The molecule has 6 saturated carbocycles. The van der Waals surface area contributed by atoms with Gasteiger partial charge in [-0.2, -0.15) is 0 Å². The highest BCUT2D eigenvalue weighted by Crippen LogP contribution is 2.70. The van der Waals surface area contributed by atoms with Crippen molar-refractivity contribution in [1.29, 1.82) is 0 Å². The van der Waals surface area contributed by atoms with Crippen LogP contribution < -0.4 is 4.90 Å². The molecule has 2 spiro atoms. The maximum atomic E-state index is 2.78. The first-order valence-corrected chi connectivity index (χ1v) is 23.0. The molecule has 0 radical (unpaired) electrons. The van der Waals surface area contributed by atoms with E-state index in [-0.39, 0.29) is 16.2 Å². The fraction of sp³-hybridized carbons (Fsp3) is 0.368. The summed E-state index contributed by atoms with van der Waals surface area (Å²) in [6, 6.07) is 51.1. The topological polar surface area (TPSA) is 3.24 Å². The van der Waals surface area contributed by atoms with Crippen LogP contribution in [0.2, 0.25) is 0 Å². The summed E-state index contributed by atoms with van der Waals surface area (Å²) < 4.78 is 0. The average molecular weight is 752 g/mol. The Morgan fingerprint density at radius 2 is 1.00 bits per heavy atom. The van der Waals surface area contributed by atoms with Gasteiger partial charge in [-0.3, -0.25) is 0 Å². The normalized spacial score (nSPS) is 31.6. The number of hydrogen-bond acceptors (Lipinski definition) is 1. The number of hydrogen-bond donors (Lipinski definition) is 0. The molecule has 1 heteroatoms. The molecular weight excluding hydrogens is 699 g/mol. The van der Waals surface area contributed by atoms with Crippen molar-refractivity contribution < 1.29 is 0 Å². The minimum Gasteiger partial charge on any atom is -0.310 e. The van der Waals surface area contributed by atoms with Crippen LogP contribution in [0.1, 0.15) is 111 Å². The molecule has 286 valence electrons. The van der Waals surface area contributed by atoms with Crippen LogP contribution in [-0.2, 0) is 16.2 Å². The summed E-state index contributed by atoms with van der Waals surface area (Å²) in [6.45, 7) is 4.89. The van der Waals surface area contributed by atoms with Gasteiger partial charge in [0, 0.05) is 27.6 Å². The maximum Gasteiger partial charge on any atom is 0.0509 e. The molecule has 0 amide bonds. The molecule has 9 aliphatic rings. The Morgan fingerprint density at radius 1 is 0.431 bits per heavy atom. The molecule has 6 fully saturated rings. The highest BCUT2D eigenvalue weighted by atomic mass is 15.1. The third kappa shape index (κ3) is 3.91. The smallest absolute Gasteiger partial charge is 0.0509 e. The largest absolute Gasteiger partial charge is 0.310 e. The van der Waals surface area contributed by atoms with Crippen molar-refractivity contribution in [3.05, 3.63) is 161 Å². The number of nitrogens with zero attached hydrogens (tertiary/aromatic N) is 1. The van der Waals surface area contributed by atoms with Crippen LogP contribution in [0, 0.1) is 35.5 Å². The quantitative estimate of drug-likeness (QED) is 0.174. The first-order valence-electron chi connectivity index (χ1n) is 23.0. The first kappa shape index (κ1) is 33.0. The average Bonchev–Trinajstić information content (AvgIpc) is 4.02. The lowest BCUT2D eigenvalue weighted by atomic mass is 9.50. The van der Waals surface area contributed by atoms with Crippen LogP contribution in [0.4, 0.5) is 17.1 Å². The zero-order valence-electron chi connectivity index (χ0n) is 34.1. The zero-order chi connectivity index (χ0) is 38.1. The molecule has 0 N–H and O–H groups in total. The van der Waals surface area contributed by atoms with E-state index in [9.17, 15) is 0 Å². The number of rotatable bonds is 3. The summed E-state index contributed by atoms with van der Waals surface area (Å²) in [7, 11) is 0. The van der Waals surface area contributed by atoms with Crippen LogP contribution in [-0.4, -0.2) is 0 Å². The van der Waals surface area contributed by atoms with Gasteiger partial charge < -0.3 is 4.90 Å². The predicted octanol–water partition coefficient (Wildman–Crippen LogP) is 14.7. The Kier molecular flexibility index (Phi) is 6.39. The van der Waals surface area contributed by atoms with Gasteiger partial charge in [0.15, 0.2) is 0 Å². The minimum absolute atomic E-state index is 0.0530. The van der Waals surface area contributed by atoms with E-state index in [4.69, 9.17) is 0 Å². The molecule has 0 aromatic heterocycles. The van der Waals surface area contributed by atoms with Gasteiger partial charge >= 0.3 is 0 Å². The van der Waals surface area contributed by atoms with E-state index in [0.717, 1.165) is 23.7 Å². The highest BCUT2D eigenvalue weighted by molar-refractivity contribution is 5.94. The van der Waals surface area contributed by atoms with Gasteiger partial charge in [-0.05, 0) is 184 Å². The summed E-state index contributed by atoms with van der Waals surface area (Å²) in [5.74, 6) is 4.76. The van der Waals surface area contributed by atoms with Crippen molar-refractivity contribution in [2.45, 2.75) is 94.3 Å². The van der Waals surface area contributed by atoms with Gasteiger partial charge in [-0.15, -0.1) is 0 Å². The van der Waals surface area contributed by atoms with Crippen molar-refractivity contribution in [3.63, 3.8) is 0 Å². The van der Waals surface area contributed by atoms with Gasteiger partial charge in [0.1, 0.15) is 0 Å². The van der Waals surface area contributed by atoms with Gasteiger partial charge in [0.2, 0.25) is 0 Å². The van der Waals surface area contributed by atoms with Crippen molar-refractivity contribution in [2.75, 3.05) is 4.90 Å². The predicted molar refractivity (Wildman–Crippen MR) is 238 cm³/mol. The third-order valence-electron chi connectivity index (χ3n) is 18.2. The lowest BCUT2D eigenvalue weighted by Crippen LogP contribution is -2.48.